The van der Waals surface area contributed by atoms with Gasteiger partial charge in [0, 0.05) is 24.1 Å². The third kappa shape index (κ3) is 4.36. The predicted octanol–water partition coefficient (Wildman–Crippen LogP) is 1.47. The molecule has 1 amide bonds. The van der Waals surface area contributed by atoms with Gasteiger partial charge in [-0.25, -0.2) is 8.42 Å². The molecule has 0 radical (unpaired) electrons. The van der Waals surface area contributed by atoms with Gasteiger partial charge in [-0.1, -0.05) is 17.3 Å². The number of benzene rings is 1. The van der Waals surface area contributed by atoms with E-state index in [0.29, 0.717) is 12.1 Å². The molecule has 3 rings (SSSR count). The van der Waals surface area contributed by atoms with Crippen molar-refractivity contribution in [2.75, 3.05) is 13.1 Å². The van der Waals surface area contributed by atoms with Gasteiger partial charge in [0.05, 0.1) is 17.1 Å². The summed E-state index contributed by atoms with van der Waals surface area (Å²) < 4.78 is 31.5. The highest BCUT2D eigenvalue weighted by atomic mass is 32.2. The summed E-state index contributed by atoms with van der Waals surface area (Å²) in [6.07, 6.45) is 1.78. The van der Waals surface area contributed by atoms with Crippen LogP contribution >= 0.6 is 0 Å². The van der Waals surface area contributed by atoms with Crippen LogP contribution in [0.2, 0.25) is 0 Å². The van der Waals surface area contributed by atoms with Gasteiger partial charge in [-0.05, 0) is 38.8 Å². The van der Waals surface area contributed by atoms with Crippen LogP contribution < -0.4 is 10.0 Å². The topological polar surface area (TPSA) is 114 Å². The Morgan fingerprint density at radius 3 is 2.81 bits per heavy atom. The van der Waals surface area contributed by atoms with E-state index >= 15 is 0 Å². The maximum Gasteiger partial charge on any atom is 0.263 e. The molecule has 1 aromatic carbocycles. The van der Waals surface area contributed by atoms with E-state index < -0.39 is 10.0 Å². The number of nitrogens with one attached hydrogen (secondary N) is 2. The Balaban J connectivity index is 1.44. The zero-order chi connectivity index (χ0) is 19.4. The standard InChI is InChI=1S/C18H22N4O4S/c1-12-14(13(2)26-21-12)7-5-10-19-17(23)9-11-20-18-15-6-3-4-8-16(15)27(24,25)22-18/h3-4,6,8H,5,7,9-11H2,1-2H3,(H,19,23)(H,20,22). The van der Waals surface area contributed by atoms with Gasteiger partial charge in [0.1, 0.15) is 11.6 Å². The Bertz CT molecular complexity index is 959. The minimum absolute atomic E-state index is 0.118. The van der Waals surface area contributed by atoms with E-state index in [4.69, 9.17) is 4.52 Å². The van der Waals surface area contributed by atoms with Crippen molar-refractivity contribution in [1.29, 1.82) is 0 Å². The summed E-state index contributed by atoms with van der Waals surface area (Å²) in [5, 5.41) is 6.76. The van der Waals surface area contributed by atoms with Crippen molar-refractivity contribution < 1.29 is 17.7 Å². The Morgan fingerprint density at radius 2 is 2.07 bits per heavy atom. The summed E-state index contributed by atoms with van der Waals surface area (Å²) in [6, 6.07) is 6.64. The third-order valence-corrected chi connectivity index (χ3v) is 5.78. The molecular formula is C18H22N4O4S. The fraction of sp³-hybridized carbons (Fsp3) is 0.389. The lowest BCUT2D eigenvalue weighted by molar-refractivity contribution is -0.120. The van der Waals surface area contributed by atoms with Crippen LogP contribution in [-0.4, -0.2) is 38.4 Å². The minimum atomic E-state index is -3.55. The Labute approximate surface area is 158 Å². The van der Waals surface area contributed by atoms with E-state index in [0.717, 1.165) is 29.9 Å². The first kappa shape index (κ1) is 19.1. The molecule has 1 aliphatic rings. The van der Waals surface area contributed by atoms with Crippen molar-refractivity contribution >= 4 is 21.8 Å². The first-order valence-corrected chi connectivity index (χ1v) is 10.2. The first-order valence-electron chi connectivity index (χ1n) is 8.73. The summed E-state index contributed by atoms with van der Waals surface area (Å²) in [4.78, 5) is 16.4. The fourth-order valence-corrected chi connectivity index (χ4v) is 4.21. The van der Waals surface area contributed by atoms with Crippen molar-refractivity contribution in [2.45, 2.75) is 38.0 Å². The molecule has 27 heavy (non-hydrogen) atoms. The van der Waals surface area contributed by atoms with Crippen molar-refractivity contribution in [3.05, 3.63) is 46.8 Å². The lowest BCUT2D eigenvalue weighted by Gasteiger charge is -2.04. The third-order valence-electron chi connectivity index (χ3n) is 4.38. The lowest BCUT2D eigenvalue weighted by Crippen LogP contribution is -2.26. The van der Waals surface area contributed by atoms with Crippen LogP contribution in [0.25, 0.3) is 0 Å². The fourth-order valence-electron chi connectivity index (χ4n) is 2.96. The number of rotatable bonds is 7. The molecule has 1 aliphatic heterocycles. The smallest absolute Gasteiger partial charge is 0.263 e. The van der Waals surface area contributed by atoms with Crippen LogP contribution in [0.3, 0.4) is 0 Å². The molecule has 0 atom stereocenters. The molecule has 1 aromatic heterocycles. The Morgan fingerprint density at radius 1 is 1.30 bits per heavy atom. The van der Waals surface area contributed by atoms with Gasteiger partial charge in [0.15, 0.2) is 0 Å². The molecular weight excluding hydrogens is 368 g/mol. The van der Waals surface area contributed by atoms with E-state index in [9.17, 15) is 13.2 Å². The summed E-state index contributed by atoms with van der Waals surface area (Å²) in [6.45, 7) is 4.54. The number of fused-ring (bicyclic) bond motifs is 1. The highest BCUT2D eigenvalue weighted by molar-refractivity contribution is 7.90. The molecule has 0 spiro atoms. The molecule has 0 saturated carbocycles. The maximum absolute atomic E-state index is 12.0. The second-order valence-corrected chi connectivity index (χ2v) is 7.99. The van der Waals surface area contributed by atoms with Gasteiger partial charge in [-0.3, -0.25) is 14.5 Å². The zero-order valence-corrected chi connectivity index (χ0v) is 16.1. The van der Waals surface area contributed by atoms with Crippen molar-refractivity contribution in [3.63, 3.8) is 0 Å². The van der Waals surface area contributed by atoms with Crippen LogP contribution in [-0.2, 0) is 21.2 Å². The first-order chi connectivity index (χ1) is 12.9. The number of aliphatic imine (C=N–C) groups is 1. The quantitative estimate of drug-likeness (QED) is 0.695. The molecule has 0 saturated heterocycles. The number of carbonyl (C=O) groups excluding carboxylic acids is 1. The average molecular weight is 390 g/mol. The molecule has 2 N–H and O–H groups in total. The summed E-state index contributed by atoms with van der Waals surface area (Å²) in [5.41, 5.74) is 2.51. The van der Waals surface area contributed by atoms with E-state index in [2.05, 4.69) is 20.2 Å². The highest BCUT2D eigenvalue weighted by Crippen LogP contribution is 2.22. The molecule has 144 valence electrons. The lowest BCUT2D eigenvalue weighted by atomic mass is 10.1. The predicted molar refractivity (Wildman–Crippen MR) is 100 cm³/mol. The van der Waals surface area contributed by atoms with Crippen LogP contribution in [0.1, 0.15) is 35.4 Å². The Hall–Kier alpha value is -2.68. The Kier molecular flexibility index (Phi) is 5.59. The SMILES string of the molecule is Cc1noc(C)c1CCCNC(=O)CCN=C1NS(=O)(=O)c2ccccc21. The molecule has 0 aliphatic carbocycles. The monoisotopic (exact) mass is 390 g/mol. The van der Waals surface area contributed by atoms with Gasteiger partial charge in [0.25, 0.3) is 10.0 Å². The second-order valence-electron chi connectivity index (χ2n) is 6.34. The second kappa shape index (κ2) is 7.91. The summed E-state index contributed by atoms with van der Waals surface area (Å²) in [7, 11) is -3.55. The van der Waals surface area contributed by atoms with Crippen molar-refractivity contribution in [3.8, 4) is 0 Å². The zero-order valence-electron chi connectivity index (χ0n) is 15.3. The summed E-state index contributed by atoms with van der Waals surface area (Å²) >= 11 is 0. The number of amidine groups is 1. The van der Waals surface area contributed by atoms with E-state index in [-0.39, 0.29) is 29.6 Å². The molecule has 2 aromatic rings. The number of aromatic nitrogens is 1. The molecule has 8 nitrogen and oxygen atoms in total. The molecule has 0 fully saturated rings. The largest absolute Gasteiger partial charge is 0.361 e. The van der Waals surface area contributed by atoms with Crippen LogP contribution in [0.5, 0.6) is 0 Å². The number of sulfonamides is 1. The number of aryl methyl sites for hydroxylation is 2. The molecule has 9 heteroatoms. The van der Waals surface area contributed by atoms with Crippen LogP contribution in [0.4, 0.5) is 0 Å². The van der Waals surface area contributed by atoms with Gasteiger partial charge in [-0.2, -0.15) is 0 Å². The number of hydrogen-bond donors (Lipinski definition) is 2. The number of nitrogens with zero attached hydrogens (tertiary/aromatic N) is 2. The summed E-state index contributed by atoms with van der Waals surface area (Å²) in [5.74, 6) is 0.984. The molecule has 0 unspecified atom stereocenters. The molecule has 0 bridgehead atoms. The van der Waals surface area contributed by atoms with Gasteiger partial charge >= 0.3 is 0 Å². The van der Waals surface area contributed by atoms with E-state index in [1.165, 1.54) is 6.07 Å². The number of amides is 1. The van der Waals surface area contributed by atoms with Crippen molar-refractivity contribution in [2.24, 2.45) is 4.99 Å². The normalized spacial score (nSPS) is 16.1. The van der Waals surface area contributed by atoms with Gasteiger partial charge < -0.3 is 9.84 Å². The number of hydrogen-bond acceptors (Lipinski definition) is 6. The van der Waals surface area contributed by atoms with Crippen LogP contribution in [0.15, 0.2) is 38.7 Å². The van der Waals surface area contributed by atoms with E-state index in [1.54, 1.807) is 18.2 Å². The minimum Gasteiger partial charge on any atom is -0.361 e. The van der Waals surface area contributed by atoms with Crippen LogP contribution in [0, 0.1) is 13.8 Å². The van der Waals surface area contributed by atoms with Crippen molar-refractivity contribution in [1.82, 2.24) is 15.2 Å². The highest BCUT2D eigenvalue weighted by Gasteiger charge is 2.29. The van der Waals surface area contributed by atoms with E-state index in [1.807, 2.05) is 13.8 Å². The maximum atomic E-state index is 12.0. The average Bonchev–Trinajstić information content (AvgIpc) is 3.09. The number of carbonyl (C=O) groups is 1. The van der Waals surface area contributed by atoms with Gasteiger partial charge in [-0.15, -0.1) is 0 Å². The van der Waals surface area contributed by atoms with Gasteiger partial charge in [0.2, 0.25) is 5.91 Å². The molecule has 2 heterocycles.